The summed E-state index contributed by atoms with van der Waals surface area (Å²) in [6, 6.07) is 7.04. The van der Waals surface area contributed by atoms with Crippen LogP contribution in [0.2, 0.25) is 0 Å². The van der Waals surface area contributed by atoms with E-state index < -0.39 is 0 Å². The number of hydrogen-bond acceptors (Lipinski definition) is 7. The molecule has 0 bridgehead atoms. The van der Waals surface area contributed by atoms with E-state index in [1.165, 1.54) is 19.3 Å². The highest BCUT2D eigenvalue weighted by Gasteiger charge is 2.11. The van der Waals surface area contributed by atoms with Gasteiger partial charge in [0.1, 0.15) is 0 Å². The summed E-state index contributed by atoms with van der Waals surface area (Å²) in [6.45, 7) is 6.17. The van der Waals surface area contributed by atoms with Crippen molar-refractivity contribution in [2.24, 2.45) is 0 Å². The number of ketones is 1. The van der Waals surface area contributed by atoms with Crippen molar-refractivity contribution in [1.29, 1.82) is 0 Å². The maximum absolute atomic E-state index is 12.2. The summed E-state index contributed by atoms with van der Waals surface area (Å²) < 4.78 is 5.30. The summed E-state index contributed by atoms with van der Waals surface area (Å²) >= 11 is 0. The van der Waals surface area contributed by atoms with Gasteiger partial charge in [0.2, 0.25) is 5.95 Å². The number of anilines is 2. The van der Waals surface area contributed by atoms with Gasteiger partial charge in [0.25, 0.3) is 5.91 Å². The Balaban J connectivity index is 1.48. The lowest BCUT2D eigenvalue weighted by Gasteiger charge is -2.26. The summed E-state index contributed by atoms with van der Waals surface area (Å²) in [7, 11) is 0. The molecule has 1 saturated heterocycles. The van der Waals surface area contributed by atoms with Crippen LogP contribution < -0.4 is 10.6 Å². The molecule has 2 N–H and O–H groups in total. The smallest absolute Gasteiger partial charge is 0.254 e. The number of amides is 1. The van der Waals surface area contributed by atoms with Crippen LogP contribution in [0.15, 0.2) is 36.7 Å². The molecule has 0 unspecified atom stereocenters. The van der Waals surface area contributed by atoms with Gasteiger partial charge in [-0.1, -0.05) is 0 Å². The molecule has 0 spiro atoms. The lowest BCUT2D eigenvalue weighted by Crippen LogP contribution is -2.41. The van der Waals surface area contributed by atoms with Crippen molar-refractivity contribution in [3.63, 3.8) is 0 Å². The van der Waals surface area contributed by atoms with Gasteiger partial charge >= 0.3 is 0 Å². The summed E-state index contributed by atoms with van der Waals surface area (Å²) in [5, 5.41) is 5.92. The Bertz CT molecular complexity index is 771. The van der Waals surface area contributed by atoms with Crippen LogP contribution in [0.3, 0.4) is 0 Å². The number of aromatic nitrogens is 2. The van der Waals surface area contributed by atoms with Crippen LogP contribution in [0.25, 0.3) is 0 Å². The van der Waals surface area contributed by atoms with Gasteiger partial charge in [-0.15, -0.1) is 0 Å². The van der Waals surface area contributed by atoms with Crippen molar-refractivity contribution in [3.05, 3.63) is 47.8 Å². The summed E-state index contributed by atoms with van der Waals surface area (Å²) in [4.78, 5) is 34.1. The number of Topliss-reactive ketones (excluding diaryl/α,β-unsaturated/α-hetero) is 1. The molecule has 0 radical (unpaired) electrons. The van der Waals surface area contributed by atoms with Crippen molar-refractivity contribution in [2.75, 3.05) is 44.7 Å². The van der Waals surface area contributed by atoms with Gasteiger partial charge in [0.15, 0.2) is 5.78 Å². The Kier molecular flexibility index (Phi) is 6.45. The van der Waals surface area contributed by atoms with Gasteiger partial charge < -0.3 is 15.4 Å². The molecule has 1 aliphatic rings. The molecular formula is C19H23N5O3. The summed E-state index contributed by atoms with van der Waals surface area (Å²) in [6.07, 6.45) is 2.98. The largest absolute Gasteiger partial charge is 0.379 e. The molecule has 1 aliphatic heterocycles. The fourth-order valence-electron chi connectivity index (χ4n) is 2.68. The number of morpholine rings is 1. The van der Waals surface area contributed by atoms with Crippen molar-refractivity contribution in [1.82, 2.24) is 20.2 Å². The number of benzene rings is 1. The van der Waals surface area contributed by atoms with Crippen LogP contribution in [0.1, 0.15) is 27.6 Å². The van der Waals surface area contributed by atoms with Gasteiger partial charge in [0, 0.05) is 49.8 Å². The zero-order chi connectivity index (χ0) is 19.1. The zero-order valence-electron chi connectivity index (χ0n) is 15.3. The molecule has 0 atom stereocenters. The average molecular weight is 369 g/mol. The highest BCUT2D eigenvalue weighted by molar-refractivity contribution is 5.94. The third kappa shape index (κ3) is 5.57. The molecular weight excluding hydrogens is 346 g/mol. The third-order valence-electron chi connectivity index (χ3n) is 4.28. The SMILES string of the molecule is CC(=O)c1ccc(Nc2ncc(C(=O)NCCN3CCOCC3)cn2)cc1. The molecule has 2 aromatic rings. The standard InChI is InChI=1S/C19H23N5O3/c1-14(25)15-2-4-17(5-3-15)23-19-21-12-16(13-22-19)18(26)20-6-7-24-8-10-27-11-9-24/h2-5,12-13H,6-11H2,1H3,(H,20,26)(H,21,22,23). The topological polar surface area (TPSA) is 96.5 Å². The minimum absolute atomic E-state index is 0.0155. The molecule has 0 aliphatic carbocycles. The minimum atomic E-state index is -0.194. The Labute approximate surface area is 158 Å². The van der Waals surface area contributed by atoms with Crippen LogP contribution in [-0.2, 0) is 4.74 Å². The van der Waals surface area contributed by atoms with E-state index in [0.717, 1.165) is 38.5 Å². The van der Waals surface area contributed by atoms with E-state index in [1.807, 2.05) is 0 Å². The van der Waals surface area contributed by atoms with Gasteiger partial charge in [-0.05, 0) is 31.2 Å². The molecule has 8 heteroatoms. The van der Waals surface area contributed by atoms with Crippen molar-refractivity contribution < 1.29 is 14.3 Å². The van der Waals surface area contributed by atoms with E-state index in [1.54, 1.807) is 24.3 Å². The zero-order valence-corrected chi connectivity index (χ0v) is 15.3. The number of carbonyl (C=O) groups excluding carboxylic acids is 2. The number of nitrogens with one attached hydrogen (secondary N) is 2. The molecule has 8 nitrogen and oxygen atoms in total. The normalized spacial score (nSPS) is 14.6. The first-order chi connectivity index (χ1) is 13.1. The number of carbonyl (C=O) groups is 2. The van der Waals surface area contributed by atoms with E-state index in [-0.39, 0.29) is 11.7 Å². The molecule has 2 heterocycles. The van der Waals surface area contributed by atoms with Crippen LogP contribution in [0.4, 0.5) is 11.6 Å². The van der Waals surface area contributed by atoms with Crippen molar-refractivity contribution in [3.8, 4) is 0 Å². The monoisotopic (exact) mass is 369 g/mol. The van der Waals surface area contributed by atoms with Crippen LogP contribution in [-0.4, -0.2) is 66.0 Å². The Morgan fingerprint density at radius 1 is 1.07 bits per heavy atom. The number of hydrogen-bond donors (Lipinski definition) is 2. The van der Waals surface area contributed by atoms with Gasteiger partial charge in [0.05, 0.1) is 18.8 Å². The third-order valence-corrected chi connectivity index (χ3v) is 4.28. The first-order valence-corrected chi connectivity index (χ1v) is 8.90. The second-order valence-corrected chi connectivity index (χ2v) is 6.26. The van der Waals surface area contributed by atoms with Crippen LogP contribution >= 0.6 is 0 Å². The molecule has 1 aromatic carbocycles. The molecule has 27 heavy (non-hydrogen) atoms. The predicted octanol–water partition coefficient (Wildman–Crippen LogP) is 1.48. The van der Waals surface area contributed by atoms with Gasteiger partial charge in [-0.3, -0.25) is 14.5 Å². The molecule has 1 aromatic heterocycles. The Hall–Kier alpha value is -2.84. The molecule has 1 fully saturated rings. The second kappa shape index (κ2) is 9.20. The Morgan fingerprint density at radius 3 is 2.37 bits per heavy atom. The van der Waals surface area contributed by atoms with E-state index in [0.29, 0.717) is 23.6 Å². The highest BCUT2D eigenvalue weighted by atomic mass is 16.5. The summed E-state index contributed by atoms with van der Waals surface area (Å²) in [5.74, 6) is 0.206. The fourth-order valence-corrected chi connectivity index (χ4v) is 2.68. The van der Waals surface area contributed by atoms with Crippen molar-refractivity contribution in [2.45, 2.75) is 6.92 Å². The predicted molar refractivity (Wildman–Crippen MR) is 101 cm³/mol. The van der Waals surface area contributed by atoms with E-state index in [9.17, 15) is 9.59 Å². The van der Waals surface area contributed by atoms with Crippen LogP contribution in [0.5, 0.6) is 0 Å². The molecule has 3 rings (SSSR count). The number of rotatable bonds is 7. The van der Waals surface area contributed by atoms with Gasteiger partial charge in [-0.25, -0.2) is 9.97 Å². The first kappa shape index (κ1) is 18.9. The average Bonchev–Trinajstić information content (AvgIpc) is 2.70. The van der Waals surface area contributed by atoms with E-state index in [4.69, 9.17) is 4.74 Å². The van der Waals surface area contributed by atoms with E-state index in [2.05, 4.69) is 25.5 Å². The maximum atomic E-state index is 12.2. The number of ether oxygens (including phenoxy) is 1. The first-order valence-electron chi connectivity index (χ1n) is 8.90. The van der Waals surface area contributed by atoms with Gasteiger partial charge in [-0.2, -0.15) is 0 Å². The highest BCUT2D eigenvalue weighted by Crippen LogP contribution is 2.14. The fraction of sp³-hybridized carbons (Fsp3) is 0.368. The minimum Gasteiger partial charge on any atom is -0.379 e. The molecule has 1 amide bonds. The summed E-state index contributed by atoms with van der Waals surface area (Å²) in [5.41, 5.74) is 1.82. The Morgan fingerprint density at radius 2 is 1.74 bits per heavy atom. The van der Waals surface area contributed by atoms with E-state index >= 15 is 0 Å². The van der Waals surface area contributed by atoms with Crippen molar-refractivity contribution >= 4 is 23.3 Å². The molecule has 0 saturated carbocycles. The second-order valence-electron chi connectivity index (χ2n) is 6.26. The van der Waals surface area contributed by atoms with Crippen LogP contribution in [0, 0.1) is 0 Å². The quantitative estimate of drug-likeness (QED) is 0.714. The number of nitrogens with zero attached hydrogens (tertiary/aromatic N) is 3. The lowest BCUT2D eigenvalue weighted by molar-refractivity contribution is 0.0383. The molecule has 142 valence electrons. The maximum Gasteiger partial charge on any atom is 0.254 e. The lowest BCUT2D eigenvalue weighted by atomic mass is 10.1.